The number of unbranched alkanes of at least 4 members (excludes halogenated alkanes) is 3. The molecule has 0 spiro atoms. The van der Waals surface area contributed by atoms with Crippen LogP contribution in [0.4, 0.5) is 0 Å². The third kappa shape index (κ3) is 8.44. The first-order chi connectivity index (χ1) is 7.22. The maximum Gasteiger partial charge on any atom is 0.131 e. The molecule has 88 valence electrons. The van der Waals surface area contributed by atoms with Gasteiger partial charge in [-0.25, -0.2) is 0 Å². The molecule has 3 heteroatoms. The van der Waals surface area contributed by atoms with Crippen molar-refractivity contribution in [2.24, 2.45) is 5.73 Å². The van der Waals surface area contributed by atoms with E-state index in [0.29, 0.717) is 6.61 Å². The molecule has 15 heavy (non-hydrogen) atoms. The molecule has 2 unspecified atom stereocenters. The van der Waals surface area contributed by atoms with E-state index in [1.165, 1.54) is 19.3 Å². The molecule has 0 aliphatic heterocycles. The van der Waals surface area contributed by atoms with Crippen molar-refractivity contribution in [1.29, 1.82) is 0 Å². The number of nitrogens with two attached hydrogens (primary N) is 1. The number of rotatable bonds is 8. The Morgan fingerprint density at radius 2 is 2.07 bits per heavy atom. The van der Waals surface area contributed by atoms with Crippen molar-refractivity contribution in [2.75, 3.05) is 13.2 Å². The fourth-order valence-corrected chi connectivity index (χ4v) is 1.20. The molecule has 0 aromatic rings. The predicted molar refractivity (Wildman–Crippen MR) is 62.4 cm³/mol. The van der Waals surface area contributed by atoms with Crippen LogP contribution in [0.15, 0.2) is 0 Å². The lowest BCUT2D eigenvalue weighted by atomic mass is 10.2. The topological polar surface area (TPSA) is 55.5 Å². The zero-order chi connectivity index (χ0) is 11.5. The largest absolute Gasteiger partial charge is 0.380 e. The molecular formula is C12H23NO2. The minimum absolute atomic E-state index is 0.377. The standard InChI is InChI=1S/C12H23NO2/c1-3-5-6-7-9-15-10-11(13)12(14)8-4-2/h11-12,14H,3,5-7,9-10,13H2,1-2H3. The molecular weight excluding hydrogens is 190 g/mol. The smallest absolute Gasteiger partial charge is 0.131 e. The van der Waals surface area contributed by atoms with E-state index in [0.717, 1.165) is 13.0 Å². The van der Waals surface area contributed by atoms with E-state index in [4.69, 9.17) is 10.5 Å². The minimum Gasteiger partial charge on any atom is -0.380 e. The molecule has 0 aromatic heterocycles. The molecule has 0 amide bonds. The number of hydrogen-bond donors (Lipinski definition) is 2. The highest BCUT2D eigenvalue weighted by atomic mass is 16.5. The van der Waals surface area contributed by atoms with E-state index in [2.05, 4.69) is 18.8 Å². The Morgan fingerprint density at radius 3 is 2.67 bits per heavy atom. The van der Waals surface area contributed by atoms with Crippen LogP contribution in [0.1, 0.15) is 39.5 Å². The Labute approximate surface area is 93.0 Å². The average Bonchev–Trinajstić information content (AvgIpc) is 2.23. The van der Waals surface area contributed by atoms with Crippen LogP contribution in [0, 0.1) is 11.8 Å². The maximum absolute atomic E-state index is 9.38. The number of hydrogen-bond acceptors (Lipinski definition) is 3. The van der Waals surface area contributed by atoms with Crippen LogP contribution < -0.4 is 5.73 Å². The molecule has 0 fully saturated rings. The fourth-order valence-electron chi connectivity index (χ4n) is 1.20. The summed E-state index contributed by atoms with van der Waals surface area (Å²) >= 11 is 0. The summed E-state index contributed by atoms with van der Waals surface area (Å²) in [7, 11) is 0. The average molecular weight is 213 g/mol. The first-order valence-electron chi connectivity index (χ1n) is 5.66. The van der Waals surface area contributed by atoms with Crippen LogP contribution in [0.5, 0.6) is 0 Å². The third-order valence-corrected chi connectivity index (χ3v) is 2.15. The van der Waals surface area contributed by atoms with Gasteiger partial charge < -0.3 is 15.6 Å². The van der Waals surface area contributed by atoms with Crippen molar-refractivity contribution in [2.45, 2.75) is 51.7 Å². The summed E-state index contributed by atoms with van der Waals surface area (Å²) in [6, 6.07) is -0.399. The normalized spacial score (nSPS) is 14.1. The van der Waals surface area contributed by atoms with Gasteiger partial charge in [0.15, 0.2) is 0 Å². The fraction of sp³-hybridized carbons (Fsp3) is 0.833. The van der Waals surface area contributed by atoms with Gasteiger partial charge >= 0.3 is 0 Å². The van der Waals surface area contributed by atoms with E-state index >= 15 is 0 Å². The van der Waals surface area contributed by atoms with Crippen molar-refractivity contribution >= 4 is 0 Å². The van der Waals surface area contributed by atoms with Gasteiger partial charge in [-0.15, -0.1) is 5.92 Å². The maximum atomic E-state index is 9.38. The van der Waals surface area contributed by atoms with Gasteiger partial charge in [0.2, 0.25) is 0 Å². The summed E-state index contributed by atoms with van der Waals surface area (Å²) in [6.07, 6.45) is 3.97. The van der Waals surface area contributed by atoms with Crippen LogP contribution in [-0.4, -0.2) is 30.5 Å². The van der Waals surface area contributed by atoms with Crippen molar-refractivity contribution in [3.8, 4) is 11.8 Å². The van der Waals surface area contributed by atoms with E-state index < -0.39 is 12.1 Å². The van der Waals surface area contributed by atoms with Gasteiger partial charge in [-0.3, -0.25) is 0 Å². The molecule has 0 saturated carbocycles. The Balaban J connectivity index is 3.37. The summed E-state index contributed by atoms with van der Waals surface area (Å²) < 4.78 is 5.36. The Bertz CT molecular complexity index is 196. The first-order valence-corrected chi connectivity index (χ1v) is 5.66. The molecule has 0 radical (unpaired) electrons. The summed E-state index contributed by atoms with van der Waals surface area (Å²) in [5.74, 6) is 5.24. The highest BCUT2D eigenvalue weighted by Crippen LogP contribution is 1.99. The lowest BCUT2D eigenvalue weighted by Crippen LogP contribution is -2.38. The van der Waals surface area contributed by atoms with Gasteiger partial charge in [0.25, 0.3) is 0 Å². The SMILES string of the molecule is CC#CC(O)C(N)COCCCCCC. The van der Waals surface area contributed by atoms with Crippen molar-refractivity contribution in [3.63, 3.8) is 0 Å². The number of aliphatic hydroxyl groups is 1. The summed E-state index contributed by atoms with van der Waals surface area (Å²) in [4.78, 5) is 0. The van der Waals surface area contributed by atoms with Gasteiger partial charge in [-0.05, 0) is 13.3 Å². The van der Waals surface area contributed by atoms with Crippen molar-refractivity contribution in [3.05, 3.63) is 0 Å². The van der Waals surface area contributed by atoms with Crippen LogP contribution in [-0.2, 0) is 4.74 Å². The second kappa shape index (κ2) is 9.97. The lowest BCUT2D eigenvalue weighted by Gasteiger charge is -2.14. The molecule has 0 aromatic carbocycles. The zero-order valence-corrected chi connectivity index (χ0v) is 9.83. The summed E-state index contributed by atoms with van der Waals surface area (Å²) in [6.45, 7) is 4.96. The van der Waals surface area contributed by atoms with Crippen LogP contribution >= 0.6 is 0 Å². The highest BCUT2D eigenvalue weighted by Gasteiger charge is 2.11. The molecule has 3 nitrogen and oxygen atoms in total. The summed E-state index contributed by atoms with van der Waals surface area (Å²) in [5, 5.41) is 9.38. The van der Waals surface area contributed by atoms with Gasteiger partial charge in [0, 0.05) is 6.61 Å². The lowest BCUT2D eigenvalue weighted by molar-refractivity contribution is 0.0813. The van der Waals surface area contributed by atoms with Crippen LogP contribution in [0.2, 0.25) is 0 Å². The van der Waals surface area contributed by atoms with E-state index in [1.54, 1.807) is 6.92 Å². The van der Waals surface area contributed by atoms with E-state index in [1.807, 2.05) is 0 Å². The molecule has 0 aliphatic carbocycles. The van der Waals surface area contributed by atoms with Crippen molar-refractivity contribution < 1.29 is 9.84 Å². The van der Waals surface area contributed by atoms with Gasteiger partial charge in [0.05, 0.1) is 12.6 Å². The Hall–Kier alpha value is -0.560. The Morgan fingerprint density at radius 1 is 1.33 bits per heavy atom. The molecule has 3 N–H and O–H groups in total. The Kier molecular flexibility index (Phi) is 9.60. The predicted octanol–water partition coefficient (Wildman–Crippen LogP) is 1.29. The second-order valence-electron chi connectivity index (χ2n) is 3.64. The quantitative estimate of drug-likeness (QED) is 0.472. The van der Waals surface area contributed by atoms with Gasteiger partial charge in [-0.1, -0.05) is 32.1 Å². The van der Waals surface area contributed by atoms with Crippen LogP contribution in [0.3, 0.4) is 0 Å². The molecule has 0 bridgehead atoms. The molecule has 0 saturated heterocycles. The van der Waals surface area contributed by atoms with E-state index in [-0.39, 0.29) is 0 Å². The zero-order valence-electron chi connectivity index (χ0n) is 9.83. The third-order valence-electron chi connectivity index (χ3n) is 2.15. The van der Waals surface area contributed by atoms with Crippen LogP contribution in [0.25, 0.3) is 0 Å². The number of aliphatic hydroxyl groups excluding tert-OH is 1. The molecule has 0 heterocycles. The summed E-state index contributed by atoms with van der Waals surface area (Å²) in [5.41, 5.74) is 5.67. The first kappa shape index (κ1) is 14.4. The molecule has 0 aliphatic rings. The van der Waals surface area contributed by atoms with Gasteiger partial charge in [-0.2, -0.15) is 0 Å². The highest BCUT2D eigenvalue weighted by molar-refractivity contribution is 5.05. The minimum atomic E-state index is -0.773. The molecule has 0 rings (SSSR count). The van der Waals surface area contributed by atoms with E-state index in [9.17, 15) is 5.11 Å². The van der Waals surface area contributed by atoms with Crippen molar-refractivity contribution in [1.82, 2.24) is 0 Å². The van der Waals surface area contributed by atoms with Gasteiger partial charge in [0.1, 0.15) is 6.10 Å². The molecule has 2 atom stereocenters. The number of ether oxygens (including phenoxy) is 1. The second-order valence-corrected chi connectivity index (χ2v) is 3.64. The monoisotopic (exact) mass is 213 g/mol.